The Labute approximate surface area is 141 Å². The molecule has 4 rings (SSSR count). The van der Waals surface area contributed by atoms with Crippen molar-refractivity contribution in [1.29, 1.82) is 0 Å². The van der Waals surface area contributed by atoms with Gasteiger partial charge in [0, 0.05) is 6.04 Å². The van der Waals surface area contributed by atoms with Crippen LogP contribution in [0.15, 0.2) is 30.6 Å². The van der Waals surface area contributed by atoms with Gasteiger partial charge in [-0.05, 0) is 37.8 Å². The number of nitrogens with one attached hydrogen (secondary N) is 1. The Bertz CT molecular complexity index is 711. The zero-order chi connectivity index (χ0) is 16.4. The number of hydrogen-bond donors (Lipinski definition) is 1. The predicted molar refractivity (Wildman–Crippen MR) is 89.6 cm³/mol. The van der Waals surface area contributed by atoms with Crippen molar-refractivity contribution >= 4 is 16.9 Å². The van der Waals surface area contributed by atoms with E-state index in [4.69, 9.17) is 9.47 Å². The number of fused-ring (bicyclic) bond motifs is 1. The van der Waals surface area contributed by atoms with Gasteiger partial charge < -0.3 is 19.4 Å². The average molecular weight is 329 g/mol. The molecule has 1 aliphatic heterocycles. The Kier molecular flexibility index (Phi) is 4.24. The molecule has 1 aromatic carbocycles. The molecule has 6 nitrogen and oxygen atoms in total. The van der Waals surface area contributed by atoms with E-state index in [9.17, 15) is 4.79 Å². The zero-order valence-corrected chi connectivity index (χ0v) is 13.7. The van der Waals surface area contributed by atoms with E-state index >= 15 is 0 Å². The Morgan fingerprint density at radius 3 is 2.92 bits per heavy atom. The predicted octanol–water partition coefficient (Wildman–Crippen LogP) is 1.88. The molecule has 1 N–H and O–H groups in total. The van der Waals surface area contributed by atoms with Gasteiger partial charge in [-0.3, -0.25) is 4.79 Å². The second-order valence-corrected chi connectivity index (χ2v) is 6.79. The topological polar surface area (TPSA) is 65.4 Å². The maximum atomic E-state index is 12.4. The lowest BCUT2D eigenvalue weighted by atomic mass is 9.82. The summed E-state index contributed by atoms with van der Waals surface area (Å²) in [5.74, 6) is 0.0416. The molecule has 0 unspecified atom stereocenters. The molecule has 1 saturated heterocycles. The number of ether oxygens (including phenoxy) is 2. The maximum absolute atomic E-state index is 12.4. The maximum Gasteiger partial charge on any atom is 0.240 e. The first-order valence-corrected chi connectivity index (χ1v) is 8.65. The fourth-order valence-corrected chi connectivity index (χ4v) is 3.76. The van der Waals surface area contributed by atoms with Crippen LogP contribution in [0.25, 0.3) is 11.0 Å². The molecule has 2 aromatic rings. The molecule has 2 aliphatic rings. The van der Waals surface area contributed by atoms with Crippen LogP contribution in [-0.4, -0.2) is 46.9 Å². The van der Waals surface area contributed by atoms with Crippen LogP contribution in [0.3, 0.4) is 0 Å². The number of carbonyl (C=O) groups excluding carboxylic acids is 1. The summed E-state index contributed by atoms with van der Waals surface area (Å²) in [4.78, 5) is 16.7. The number of benzene rings is 1. The van der Waals surface area contributed by atoms with Crippen LogP contribution >= 0.6 is 0 Å². The lowest BCUT2D eigenvalue weighted by molar-refractivity contribution is -0.173. The summed E-state index contributed by atoms with van der Waals surface area (Å²) in [6.07, 6.45) is 5.52. The van der Waals surface area contributed by atoms with Gasteiger partial charge in [0.25, 0.3) is 0 Å². The van der Waals surface area contributed by atoms with Crippen molar-refractivity contribution in [1.82, 2.24) is 14.9 Å². The SMILES string of the molecule is O=C(Cn1cnc2ccccc21)NC1CCC2(CC1)COCCO2. The first kappa shape index (κ1) is 15.6. The molecule has 2 fully saturated rings. The molecule has 1 spiro atoms. The Morgan fingerprint density at radius 1 is 1.29 bits per heavy atom. The summed E-state index contributed by atoms with van der Waals surface area (Å²) >= 11 is 0. The van der Waals surface area contributed by atoms with Crippen molar-refractivity contribution in [3.05, 3.63) is 30.6 Å². The quantitative estimate of drug-likeness (QED) is 0.934. The van der Waals surface area contributed by atoms with Gasteiger partial charge in [-0.1, -0.05) is 12.1 Å². The highest BCUT2D eigenvalue weighted by atomic mass is 16.6. The first-order valence-electron chi connectivity index (χ1n) is 8.65. The van der Waals surface area contributed by atoms with E-state index in [1.807, 2.05) is 28.8 Å². The highest BCUT2D eigenvalue weighted by molar-refractivity contribution is 5.80. The fourth-order valence-electron chi connectivity index (χ4n) is 3.76. The second kappa shape index (κ2) is 6.53. The molecular formula is C18H23N3O3. The van der Waals surface area contributed by atoms with Gasteiger partial charge in [-0.2, -0.15) is 0 Å². The highest BCUT2D eigenvalue weighted by Gasteiger charge is 2.38. The minimum Gasteiger partial charge on any atom is -0.376 e. The number of carbonyl (C=O) groups is 1. The third-order valence-corrected chi connectivity index (χ3v) is 5.10. The average Bonchev–Trinajstić information content (AvgIpc) is 3.01. The summed E-state index contributed by atoms with van der Waals surface area (Å²) in [6.45, 7) is 2.38. The molecule has 0 bridgehead atoms. The first-order chi connectivity index (χ1) is 11.7. The number of rotatable bonds is 3. The molecule has 6 heteroatoms. The lowest BCUT2D eigenvalue weighted by Crippen LogP contribution is -2.50. The van der Waals surface area contributed by atoms with Crippen molar-refractivity contribution in [3.63, 3.8) is 0 Å². The molecule has 1 saturated carbocycles. The zero-order valence-electron chi connectivity index (χ0n) is 13.7. The summed E-state index contributed by atoms with van der Waals surface area (Å²) in [7, 11) is 0. The Balaban J connectivity index is 1.32. The summed E-state index contributed by atoms with van der Waals surface area (Å²) < 4.78 is 13.4. The van der Waals surface area contributed by atoms with E-state index in [1.165, 1.54) is 0 Å². The minimum absolute atomic E-state index is 0.0416. The largest absolute Gasteiger partial charge is 0.376 e. The van der Waals surface area contributed by atoms with Gasteiger partial charge in [0.05, 0.1) is 42.8 Å². The number of nitrogens with zero attached hydrogens (tertiary/aromatic N) is 2. The van der Waals surface area contributed by atoms with Gasteiger partial charge in [0.1, 0.15) is 6.54 Å². The van der Waals surface area contributed by atoms with Crippen LogP contribution < -0.4 is 5.32 Å². The van der Waals surface area contributed by atoms with Crippen LogP contribution in [-0.2, 0) is 20.8 Å². The van der Waals surface area contributed by atoms with E-state index in [2.05, 4.69) is 10.3 Å². The number of para-hydroxylation sites is 2. The van der Waals surface area contributed by atoms with E-state index in [0.717, 1.165) is 36.7 Å². The molecule has 2 heterocycles. The van der Waals surface area contributed by atoms with Gasteiger partial charge in [-0.25, -0.2) is 4.98 Å². The summed E-state index contributed by atoms with van der Waals surface area (Å²) in [5, 5.41) is 3.16. The van der Waals surface area contributed by atoms with Crippen molar-refractivity contribution in [2.24, 2.45) is 0 Å². The van der Waals surface area contributed by atoms with Crippen molar-refractivity contribution in [3.8, 4) is 0 Å². The molecule has 24 heavy (non-hydrogen) atoms. The monoisotopic (exact) mass is 329 g/mol. The highest BCUT2D eigenvalue weighted by Crippen LogP contribution is 2.33. The second-order valence-electron chi connectivity index (χ2n) is 6.79. The molecule has 128 valence electrons. The number of imidazole rings is 1. The fraction of sp³-hybridized carbons (Fsp3) is 0.556. The standard InChI is InChI=1S/C18H23N3O3/c22-17(11-21-13-19-15-3-1-2-4-16(15)21)20-14-5-7-18(8-6-14)12-23-9-10-24-18/h1-4,13-14H,5-12H2,(H,20,22). The van der Waals surface area contributed by atoms with E-state index in [-0.39, 0.29) is 17.6 Å². The van der Waals surface area contributed by atoms with Gasteiger partial charge in [0.2, 0.25) is 5.91 Å². The van der Waals surface area contributed by atoms with Crippen LogP contribution in [0.4, 0.5) is 0 Å². The summed E-state index contributed by atoms with van der Waals surface area (Å²) in [5.41, 5.74) is 1.79. The van der Waals surface area contributed by atoms with E-state index in [1.54, 1.807) is 6.33 Å². The van der Waals surface area contributed by atoms with Gasteiger partial charge in [0.15, 0.2) is 0 Å². The molecule has 1 aliphatic carbocycles. The third-order valence-electron chi connectivity index (χ3n) is 5.10. The molecule has 1 aromatic heterocycles. The summed E-state index contributed by atoms with van der Waals surface area (Å²) in [6, 6.07) is 8.08. The molecule has 0 radical (unpaired) electrons. The van der Waals surface area contributed by atoms with E-state index in [0.29, 0.717) is 26.4 Å². The molecule has 1 amide bonds. The molecule has 0 atom stereocenters. The van der Waals surface area contributed by atoms with Crippen molar-refractivity contribution in [2.45, 2.75) is 43.9 Å². The lowest BCUT2D eigenvalue weighted by Gasteiger charge is -2.42. The van der Waals surface area contributed by atoms with Crippen LogP contribution in [0.2, 0.25) is 0 Å². The Morgan fingerprint density at radius 2 is 2.12 bits per heavy atom. The van der Waals surface area contributed by atoms with Crippen molar-refractivity contribution in [2.75, 3.05) is 19.8 Å². The number of hydrogen-bond acceptors (Lipinski definition) is 4. The van der Waals surface area contributed by atoms with Crippen LogP contribution in [0, 0.1) is 0 Å². The van der Waals surface area contributed by atoms with Crippen LogP contribution in [0.5, 0.6) is 0 Å². The Hall–Kier alpha value is -1.92. The third kappa shape index (κ3) is 3.16. The van der Waals surface area contributed by atoms with Crippen molar-refractivity contribution < 1.29 is 14.3 Å². The van der Waals surface area contributed by atoms with Gasteiger partial charge >= 0.3 is 0 Å². The number of amides is 1. The smallest absolute Gasteiger partial charge is 0.240 e. The minimum atomic E-state index is -0.111. The van der Waals surface area contributed by atoms with Gasteiger partial charge in [-0.15, -0.1) is 0 Å². The van der Waals surface area contributed by atoms with E-state index < -0.39 is 0 Å². The van der Waals surface area contributed by atoms with Crippen LogP contribution in [0.1, 0.15) is 25.7 Å². The normalized spacial score (nSPS) is 27.4. The number of aromatic nitrogens is 2. The molecular weight excluding hydrogens is 306 g/mol.